The lowest BCUT2D eigenvalue weighted by atomic mass is 9.95. The lowest BCUT2D eigenvalue weighted by Crippen LogP contribution is -2.00. The Hall–Kier alpha value is -3.00. The van der Waals surface area contributed by atoms with Gasteiger partial charge in [-0.25, -0.2) is 0 Å². The van der Waals surface area contributed by atoms with E-state index in [-0.39, 0.29) is 22.6 Å². The van der Waals surface area contributed by atoms with Crippen molar-refractivity contribution in [2.24, 2.45) is 0 Å². The van der Waals surface area contributed by atoms with Crippen LogP contribution in [-0.4, -0.2) is 25.1 Å². The van der Waals surface area contributed by atoms with Gasteiger partial charge >= 0.3 is 0 Å². The van der Waals surface area contributed by atoms with Crippen molar-refractivity contribution >= 4 is 6.29 Å². The standard InChI is InChI=1S/C17H15NO4/c1-3-22-14-7-5-4-6-13(14)15-12(10-19)8-11(9-18)16(20)17(15)21-2/h4-8,10,20H,3H2,1-2H3. The van der Waals surface area contributed by atoms with E-state index in [4.69, 9.17) is 14.7 Å². The molecule has 0 bridgehead atoms. The first kappa shape index (κ1) is 15.4. The molecule has 0 aromatic heterocycles. The normalized spacial score (nSPS) is 9.86. The van der Waals surface area contributed by atoms with E-state index in [9.17, 15) is 9.90 Å². The predicted molar refractivity (Wildman–Crippen MR) is 81.4 cm³/mol. The third kappa shape index (κ3) is 2.59. The number of carbonyl (C=O) groups is 1. The van der Waals surface area contributed by atoms with Crippen LogP contribution in [0.2, 0.25) is 0 Å². The summed E-state index contributed by atoms with van der Waals surface area (Å²) in [6, 6.07) is 10.3. The second-order valence-corrected chi connectivity index (χ2v) is 4.43. The summed E-state index contributed by atoms with van der Waals surface area (Å²) < 4.78 is 10.8. The largest absolute Gasteiger partial charge is 0.503 e. The van der Waals surface area contributed by atoms with E-state index in [2.05, 4.69) is 0 Å². The SMILES string of the molecule is CCOc1ccccc1-c1c(C=O)cc(C#N)c(O)c1OC. The number of hydrogen-bond donors (Lipinski definition) is 1. The van der Waals surface area contributed by atoms with Gasteiger partial charge < -0.3 is 14.6 Å². The van der Waals surface area contributed by atoms with Crippen LogP contribution in [-0.2, 0) is 0 Å². The molecule has 0 fully saturated rings. The van der Waals surface area contributed by atoms with Gasteiger partial charge in [0.05, 0.1) is 19.3 Å². The number of phenolic OH excluding ortho intramolecular Hbond substituents is 1. The molecule has 112 valence electrons. The molecule has 22 heavy (non-hydrogen) atoms. The Labute approximate surface area is 128 Å². The number of hydrogen-bond acceptors (Lipinski definition) is 5. The molecule has 0 aliphatic carbocycles. The molecule has 0 amide bonds. The fraction of sp³-hybridized carbons (Fsp3) is 0.176. The summed E-state index contributed by atoms with van der Waals surface area (Å²) in [6.45, 7) is 2.31. The Bertz CT molecular complexity index is 747. The molecule has 2 aromatic carbocycles. The van der Waals surface area contributed by atoms with Gasteiger partial charge in [-0.2, -0.15) is 5.26 Å². The van der Waals surface area contributed by atoms with Crippen molar-refractivity contribution in [3.8, 4) is 34.4 Å². The maximum absolute atomic E-state index is 11.4. The molecule has 0 aliphatic heterocycles. The number of nitriles is 1. The quantitative estimate of drug-likeness (QED) is 0.857. The van der Waals surface area contributed by atoms with Crippen LogP contribution in [0.5, 0.6) is 17.2 Å². The van der Waals surface area contributed by atoms with Crippen LogP contribution in [0.1, 0.15) is 22.8 Å². The van der Waals surface area contributed by atoms with Gasteiger partial charge in [0.25, 0.3) is 0 Å². The predicted octanol–water partition coefficient (Wildman–Crippen LogP) is 3.15. The maximum Gasteiger partial charge on any atom is 0.176 e. The van der Waals surface area contributed by atoms with E-state index in [0.717, 1.165) is 0 Å². The summed E-state index contributed by atoms with van der Waals surface area (Å²) in [5.41, 5.74) is 1.25. The van der Waals surface area contributed by atoms with Crippen molar-refractivity contribution in [1.29, 1.82) is 5.26 Å². The molecule has 5 heteroatoms. The fourth-order valence-electron chi connectivity index (χ4n) is 2.28. The summed E-state index contributed by atoms with van der Waals surface area (Å²) in [5, 5.41) is 19.2. The van der Waals surface area contributed by atoms with Crippen molar-refractivity contribution in [1.82, 2.24) is 0 Å². The molecule has 5 nitrogen and oxygen atoms in total. The summed E-state index contributed by atoms with van der Waals surface area (Å²) in [6.07, 6.45) is 0.626. The number of phenols is 1. The van der Waals surface area contributed by atoms with E-state index in [1.165, 1.54) is 13.2 Å². The minimum absolute atomic E-state index is 0.0170. The van der Waals surface area contributed by atoms with Crippen LogP contribution in [0, 0.1) is 11.3 Å². The first-order chi connectivity index (χ1) is 10.7. The number of ether oxygens (including phenoxy) is 2. The zero-order valence-corrected chi connectivity index (χ0v) is 12.3. The van der Waals surface area contributed by atoms with Crippen LogP contribution < -0.4 is 9.47 Å². The Kier molecular flexibility index (Phi) is 4.64. The molecular weight excluding hydrogens is 282 g/mol. The van der Waals surface area contributed by atoms with Crippen LogP contribution in [0.25, 0.3) is 11.1 Å². The molecule has 0 saturated carbocycles. The molecule has 2 aromatic rings. The highest BCUT2D eigenvalue weighted by Gasteiger charge is 2.22. The van der Waals surface area contributed by atoms with Crippen molar-refractivity contribution in [3.63, 3.8) is 0 Å². The van der Waals surface area contributed by atoms with E-state index in [1.807, 2.05) is 19.1 Å². The topological polar surface area (TPSA) is 79.6 Å². The third-order valence-corrected chi connectivity index (χ3v) is 3.19. The van der Waals surface area contributed by atoms with E-state index in [0.29, 0.717) is 29.8 Å². The third-order valence-electron chi connectivity index (χ3n) is 3.19. The zero-order valence-electron chi connectivity index (χ0n) is 12.3. The van der Waals surface area contributed by atoms with Crippen molar-refractivity contribution in [2.45, 2.75) is 6.92 Å². The minimum Gasteiger partial charge on any atom is -0.503 e. The summed E-state index contributed by atoms with van der Waals surface area (Å²) >= 11 is 0. The first-order valence-corrected chi connectivity index (χ1v) is 6.69. The summed E-state index contributed by atoms with van der Waals surface area (Å²) in [7, 11) is 1.37. The van der Waals surface area contributed by atoms with Gasteiger partial charge in [-0.3, -0.25) is 4.79 Å². The van der Waals surface area contributed by atoms with Gasteiger partial charge in [0.2, 0.25) is 0 Å². The molecule has 0 unspecified atom stereocenters. The van der Waals surface area contributed by atoms with Crippen LogP contribution >= 0.6 is 0 Å². The van der Waals surface area contributed by atoms with Gasteiger partial charge in [-0.05, 0) is 19.1 Å². The average Bonchev–Trinajstić information content (AvgIpc) is 2.55. The fourth-order valence-corrected chi connectivity index (χ4v) is 2.28. The van der Waals surface area contributed by atoms with Crippen molar-refractivity contribution in [3.05, 3.63) is 41.5 Å². The zero-order chi connectivity index (χ0) is 16.1. The van der Waals surface area contributed by atoms with E-state index in [1.54, 1.807) is 18.2 Å². The van der Waals surface area contributed by atoms with Crippen molar-refractivity contribution in [2.75, 3.05) is 13.7 Å². The van der Waals surface area contributed by atoms with Crippen LogP contribution in [0.4, 0.5) is 0 Å². The molecule has 0 saturated heterocycles. The Morgan fingerprint density at radius 2 is 2.09 bits per heavy atom. The molecule has 0 heterocycles. The number of methoxy groups -OCH3 is 1. The first-order valence-electron chi connectivity index (χ1n) is 6.69. The highest BCUT2D eigenvalue weighted by Crippen LogP contribution is 2.44. The number of carbonyl (C=O) groups excluding carboxylic acids is 1. The Morgan fingerprint density at radius 1 is 1.36 bits per heavy atom. The van der Waals surface area contributed by atoms with Gasteiger partial charge in [-0.15, -0.1) is 0 Å². The van der Waals surface area contributed by atoms with Gasteiger partial charge in [0.1, 0.15) is 11.8 Å². The second-order valence-electron chi connectivity index (χ2n) is 4.43. The van der Waals surface area contributed by atoms with Crippen molar-refractivity contribution < 1.29 is 19.4 Å². The minimum atomic E-state index is -0.295. The monoisotopic (exact) mass is 297 g/mol. The van der Waals surface area contributed by atoms with Crippen LogP contribution in [0.15, 0.2) is 30.3 Å². The lowest BCUT2D eigenvalue weighted by Gasteiger charge is -2.16. The lowest BCUT2D eigenvalue weighted by molar-refractivity contribution is 0.112. The molecule has 0 atom stereocenters. The molecule has 1 N–H and O–H groups in total. The van der Waals surface area contributed by atoms with Gasteiger partial charge in [0.15, 0.2) is 17.8 Å². The number of para-hydroxylation sites is 1. The van der Waals surface area contributed by atoms with E-state index < -0.39 is 0 Å². The smallest absolute Gasteiger partial charge is 0.176 e. The van der Waals surface area contributed by atoms with E-state index >= 15 is 0 Å². The molecule has 0 spiro atoms. The number of aldehydes is 1. The highest BCUT2D eigenvalue weighted by atomic mass is 16.5. The molecular formula is C17H15NO4. The summed E-state index contributed by atoms with van der Waals surface area (Å²) in [5.74, 6) is 0.348. The number of aromatic hydroxyl groups is 1. The second kappa shape index (κ2) is 6.64. The molecule has 0 aliphatic rings. The highest BCUT2D eigenvalue weighted by molar-refractivity contribution is 5.94. The maximum atomic E-state index is 11.4. The summed E-state index contributed by atoms with van der Waals surface area (Å²) in [4.78, 5) is 11.4. The average molecular weight is 297 g/mol. The molecule has 2 rings (SSSR count). The molecule has 0 radical (unpaired) electrons. The Balaban J connectivity index is 2.83. The van der Waals surface area contributed by atoms with Crippen LogP contribution in [0.3, 0.4) is 0 Å². The number of rotatable bonds is 5. The Morgan fingerprint density at radius 3 is 2.68 bits per heavy atom. The number of benzene rings is 2. The number of nitrogens with zero attached hydrogens (tertiary/aromatic N) is 1. The van der Waals surface area contributed by atoms with Gasteiger partial charge in [-0.1, -0.05) is 18.2 Å². The van der Waals surface area contributed by atoms with Gasteiger partial charge in [0, 0.05) is 16.7 Å².